The molecule has 0 spiro atoms. The van der Waals surface area contributed by atoms with Crippen LogP contribution in [0.3, 0.4) is 0 Å². The molecular weight excluding hydrogens is 293 g/mol. The maximum Gasteiger partial charge on any atom is 0.257 e. The molecule has 1 heterocycles. The van der Waals surface area contributed by atoms with E-state index < -0.39 is 11.7 Å². The van der Waals surface area contributed by atoms with Gasteiger partial charge in [-0.05, 0) is 36.8 Å². The Bertz CT molecular complexity index is 631. The number of hydrogen-bond donors (Lipinski definition) is 2. The summed E-state index contributed by atoms with van der Waals surface area (Å²) in [6.45, 7) is 2.87. The average Bonchev–Trinajstić information content (AvgIpc) is 2.48. The molecule has 1 aromatic heterocycles. The predicted molar refractivity (Wildman–Crippen MR) is 82.4 cm³/mol. The summed E-state index contributed by atoms with van der Waals surface area (Å²) in [4.78, 5) is 16.1. The van der Waals surface area contributed by atoms with Crippen molar-refractivity contribution in [1.29, 1.82) is 0 Å². The summed E-state index contributed by atoms with van der Waals surface area (Å²) in [5.41, 5.74) is 0.434. The standard InChI is InChI=1S/C15H15ClFN3O/c1-2-7-18-14-6-3-10(9-19-14)15(21)20-13-5-4-11(16)8-12(13)17/h3-6,8-9H,2,7H2,1H3,(H,18,19)(H,20,21). The van der Waals surface area contributed by atoms with Crippen LogP contribution in [-0.4, -0.2) is 17.4 Å². The molecule has 21 heavy (non-hydrogen) atoms. The van der Waals surface area contributed by atoms with Crippen molar-refractivity contribution in [2.45, 2.75) is 13.3 Å². The van der Waals surface area contributed by atoms with E-state index in [1.54, 1.807) is 12.1 Å². The van der Waals surface area contributed by atoms with Crippen LogP contribution in [0, 0.1) is 5.82 Å². The zero-order chi connectivity index (χ0) is 15.2. The van der Waals surface area contributed by atoms with E-state index in [4.69, 9.17) is 11.6 Å². The molecule has 0 aliphatic carbocycles. The molecule has 2 aromatic rings. The van der Waals surface area contributed by atoms with Crippen LogP contribution in [0.25, 0.3) is 0 Å². The van der Waals surface area contributed by atoms with Crippen molar-refractivity contribution in [3.8, 4) is 0 Å². The van der Waals surface area contributed by atoms with Crippen LogP contribution in [0.15, 0.2) is 36.5 Å². The summed E-state index contributed by atoms with van der Waals surface area (Å²) in [6, 6.07) is 7.42. The lowest BCUT2D eigenvalue weighted by molar-refractivity contribution is 0.102. The molecule has 0 bridgehead atoms. The minimum atomic E-state index is -0.579. The third-order valence-corrected chi connectivity index (χ3v) is 3.00. The van der Waals surface area contributed by atoms with E-state index in [-0.39, 0.29) is 10.7 Å². The summed E-state index contributed by atoms with van der Waals surface area (Å²) < 4.78 is 13.6. The quantitative estimate of drug-likeness (QED) is 0.879. The molecule has 0 unspecified atom stereocenters. The number of pyridine rings is 1. The van der Waals surface area contributed by atoms with Crippen molar-refractivity contribution >= 4 is 29.0 Å². The normalized spacial score (nSPS) is 10.2. The van der Waals surface area contributed by atoms with Gasteiger partial charge in [-0.15, -0.1) is 0 Å². The minimum absolute atomic E-state index is 0.0811. The fraction of sp³-hybridized carbons (Fsp3) is 0.200. The van der Waals surface area contributed by atoms with E-state index in [0.29, 0.717) is 11.4 Å². The number of anilines is 2. The van der Waals surface area contributed by atoms with E-state index in [0.717, 1.165) is 19.0 Å². The van der Waals surface area contributed by atoms with Gasteiger partial charge < -0.3 is 10.6 Å². The zero-order valence-corrected chi connectivity index (χ0v) is 12.2. The molecule has 1 amide bonds. The van der Waals surface area contributed by atoms with Crippen LogP contribution in [-0.2, 0) is 0 Å². The number of nitrogens with one attached hydrogen (secondary N) is 2. The van der Waals surface area contributed by atoms with Gasteiger partial charge in [0.15, 0.2) is 0 Å². The Morgan fingerprint density at radius 2 is 2.14 bits per heavy atom. The second-order valence-corrected chi connectivity index (χ2v) is 4.87. The molecular formula is C15H15ClFN3O. The molecule has 2 rings (SSSR count). The number of aromatic nitrogens is 1. The lowest BCUT2D eigenvalue weighted by Crippen LogP contribution is -2.13. The van der Waals surface area contributed by atoms with E-state index in [1.807, 2.05) is 0 Å². The average molecular weight is 308 g/mol. The Hall–Kier alpha value is -2.14. The fourth-order valence-corrected chi connectivity index (χ4v) is 1.83. The third kappa shape index (κ3) is 4.16. The van der Waals surface area contributed by atoms with Gasteiger partial charge in [0.05, 0.1) is 11.3 Å². The van der Waals surface area contributed by atoms with Gasteiger partial charge in [0, 0.05) is 17.8 Å². The van der Waals surface area contributed by atoms with E-state index in [2.05, 4.69) is 22.5 Å². The van der Waals surface area contributed by atoms with E-state index >= 15 is 0 Å². The summed E-state index contributed by atoms with van der Waals surface area (Å²) in [5, 5.41) is 5.87. The Morgan fingerprint density at radius 3 is 2.76 bits per heavy atom. The number of halogens is 2. The second-order valence-electron chi connectivity index (χ2n) is 4.44. The monoisotopic (exact) mass is 307 g/mol. The van der Waals surface area contributed by atoms with Gasteiger partial charge in [-0.2, -0.15) is 0 Å². The van der Waals surface area contributed by atoms with Crippen LogP contribution in [0.2, 0.25) is 5.02 Å². The predicted octanol–water partition coefficient (Wildman–Crippen LogP) is 3.95. The summed E-state index contributed by atoms with van der Waals surface area (Å²) in [5.74, 6) is -0.304. The Balaban J connectivity index is 2.06. The largest absolute Gasteiger partial charge is 0.370 e. The summed E-state index contributed by atoms with van der Waals surface area (Å²) in [7, 11) is 0. The van der Waals surface area contributed by atoms with Gasteiger partial charge in [0.25, 0.3) is 5.91 Å². The highest BCUT2D eigenvalue weighted by Gasteiger charge is 2.10. The first kappa shape index (κ1) is 15.3. The molecule has 110 valence electrons. The number of carbonyl (C=O) groups excluding carboxylic acids is 1. The van der Waals surface area contributed by atoms with Crippen molar-refractivity contribution in [2.75, 3.05) is 17.2 Å². The molecule has 0 fully saturated rings. The minimum Gasteiger partial charge on any atom is -0.370 e. The van der Waals surface area contributed by atoms with Crippen LogP contribution in [0.1, 0.15) is 23.7 Å². The smallest absolute Gasteiger partial charge is 0.257 e. The van der Waals surface area contributed by atoms with E-state index in [1.165, 1.54) is 18.3 Å². The van der Waals surface area contributed by atoms with Crippen molar-refractivity contribution < 1.29 is 9.18 Å². The van der Waals surface area contributed by atoms with Crippen LogP contribution >= 0.6 is 11.6 Å². The summed E-state index contributed by atoms with van der Waals surface area (Å²) >= 11 is 5.66. The molecule has 4 nitrogen and oxygen atoms in total. The van der Waals surface area contributed by atoms with Gasteiger partial charge in [0.1, 0.15) is 11.6 Å². The first-order chi connectivity index (χ1) is 10.1. The van der Waals surface area contributed by atoms with E-state index in [9.17, 15) is 9.18 Å². The van der Waals surface area contributed by atoms with Crippen molar-refractivity contribution in [2.24, 2.45) is 0 Å². The first-order valence-electron chi connectivity index (χ1n) is 6.56. The number of benzene rings is 1. The van der Waals surface area contributed by atoms with Crippen LogP contribution < -0.4 is 10.6 Å². The highest BCUT2D eigenvalue weighted by Crippen LogP contribution is 2.19. The lowest BCUT2D eigenvalue weighted by atomic mass is 10.2. The van der Waals surface area contributed by atoms with Crippen LogP contribution in [0.4, 0.5) is 15.9 Å². The highest BCUT2D eigenvalue weighted by atomic mass is 35.5. The van der Waals surface area contributed by atoms with Gasteiger partial charge in [-0.1, -0.05) is 18.5 Å². The van der Waals surface area contributed by atoms with Gasteiger partial charge in [-0.25, -0.2) is 9.37 Å². The Kier molecular flexibility index (Phi) is 5.11. The van der Waals surface area contributed by atoms with Gasteiger partial charge in [0.2, 0.25) is 0 Å². The second kappa shape index (κ2) is 7.04. The van der Waals surface area contributed by atoms with Crippen molar-refractivity contribution in [3.05, 3.63) is 52.9 Å². The number of hydrogen-bond acceptors (Lipinski definition) is 3. The molecule has 0 aliphatic heterocycles. The van der Waals surface area contributed by atoms with Gasteiger partial charge in [-0.3, -0.25) is 4.79 Å². The molecule has 0 saturated heterocycles. The number of nitrogens with zero attached hydrogens (tertiary/aromatic N) is 1. The van der Waals surface area contributed by atoms with Crippen LogP contribution in [0.5, 0.6) is 0 Å². The third-order valence-electron chi connectivity index (χ3n) is 2.76. The molecule has 0 radical (unpaired) electrons. The fourth-order valence-electron chi connectivity index (χ4n) is 1.67. The molecule has 1 aromatic carbocycles. The number of amides is 1. The molecule has 6 heteroatoms. The highest BCUT2D eigenvalue weighted by molar-refractivity contribution is 6.30. The SMILES string of the molecule is CCCNc1ccc(C(=O)Nc2ccc(Cl)cc2F)cn1. The van der Waals surface area contributed by atoms with Crippen molar-refractivity contribution in [3.63, 3.8) is 0 Å². The zero-order valence-electron chi connectivity index (χ0n) is 11.5. The Morgan fingerprint density at radius 1 is 1.33 bits per heavy atom. The summed E-state index contributed by atoms with van der Waals surface area (Å²) in [6.07, 6.45) is 2.43. The maximum atomic E-state index is 13.6. The van der Waals surface area contributed by atoms with Gasteiger partial charge >= 0.3 is 0 Å². The topological polar surface area (TPSA) is 54.0 Å². The van der Waals surface area contributed by atoms with Crippen molar-refractivity contribution in [1.82, 2.24) is 4.98 Å². The number of carbonyl (C=O) groups is 1. The molecule has 0 aliphatic rings. The number of rotatable bonds is 5. The molecule has 0 saturated carbocycles. The molecule has 2 N–H and O–H groups in total. The Labute approximate surface area is 127 Å². The maximum absolute atomic E-state index is 13.6. The molecule has 0 atom stereocenters. The lowest BCUT2D eigenvalue weighted by Gasteiger charge is -2.08. The first-order valence-corrected chi connectivity index (χ1v) is 6.94.